The van der Waals surface area contributed by atoms with Crippen molar-refractivity contribution >= 4 is 23.9 Å². The number of unbranched alkanes of at least 4 members (excludes halogenated alkanes) is 15. The van der Waals surface area contributed by atoms with Crippen LogP contribution in [0.1, 0.15) is 135 Å². The average molecular weight is 597 g/mol. The van der Waals surface area contributed by atoms with Gasteiger partial charge in [-0.15, -0.1) is 0 Å². The smallest absolute Gasteiger partial charge is 0.550 e. The molecule has 0 rings (SSSR count). The minimum atomic E-state index is -2.97. The number of aliphatic hydroxyl groups is 1. The first-order valence-electron chi connectivity index (χ1n) is 13.8. The molecule has 0 unspecified atom stereocenters. The molecule has 0 atom stereocenters. The van der Waals surface area contributed by atoms with Crippen LogP contribution < -0.4 is 104 Å². The van der Waals surface area contributed by atoms with Crippen molar-refractivity contribution in [2.24, 2.45) is 0 Å². The molecule has 40 heavy (non-hydrogen) atoms. The largest absolute Gasteiger partial charge is 1.00 e. The van der Waals surface area contributed by atoms with Crippen LogP contribution in [-0.4, -0.2) is 39.7 Å². The third-order valence-corrected chi connectivity index (χ3v) is 5.91. The monoisotopic (exact) mass is 596 g/mol. The zero-order valence-electron chi connectivity index (χ0n) is 25.5. The van der Waals surface area contributed by atoms with E-state index in [0.29, 0.717) is 6.42 Å². The number of rotatable bonds is 24. The van der Waals surface area contributed by atoms with Crippen LogP contribution in [0.2, 0.25) is 0 Å². The fourth-order valence-electron chi connectivity index (χ4n) is 3.74. The van der Waals surface area contributed by atoms with Gasteiger partial charge in [-0.2, -0.15) is 0 Å². The van der Waals surface area contributed by atoms with Gasteiger partial charge in [-0.05, 0) is 32.1 Å². The first kappa shape index (κ1) is 50.2. The van der Waals surface area contributed by atoms with Crippen molar-refractivity contribution in [3.8, 4) is 0 Å². The summed E-state index contributed by atoms with van der Waals surface area (Å²) in [6.07, 6.45) is 24.4. The van der Waals surface area contributed by atoms with Crippen molar-refractivity contribution in [3.05, 3.63) is 12.2 Å². The van der Waals surface area contributed by atoms with Crippen LogP contribution in [0.15, 0.2) is 12.2 Å². The van der Waals surface area contributed by atoms with E-state index in [4.69, 9.17) is 10.2 Å². The summed E-state index contributed by atoms with van der Waals surface area (Å²) < 4.78 is 0. The van der Waals surface area contributed by atoms with Crippen LogP contribution in [-0.2, 0) is 19.2 Å². The van der Waals surface area contributed by atoms with Crippen LogP contribution in [0.5, 0.6) is 0 Å². The second-order valence-electron chi connectivity index (χ2n) is 9.56. The summed E-state index contributed by atoms with van der Waals surface area (Å²) in [4.78, 5) is 40.4. The second kappa shape index (κ2) is 35.8. The van der Waals surface area contributed by atoms with Gasteiger partial charge in [0.05, 0.1) is 5.97 Å². The van der Waals surface area contributed by atoms with Gasteiger partial charge in [0.2, 0.25) is 0 Å². The zero-order valence-corrected chi connectivity index (χ0v) is 31.5. The Morgan fingerprint density at radius 3 is 1.23 bits per heavy atom. The molecule has 2 N–H and O–H groups in total. The molecule has 216 valence electrons. The van der Waals surface area contributed by atoms with Crippen LogP contribution in [0, 0.1) is 0 Å². The van der Waals surface area contributed by atoms with Crippen LogP contribution in [0.3, 0.4) is 0 Å². The molecule has 0 aliphatic carbocycles. The number of allylic oxidation sites excluding steroid dienone is 2. The molecule has 0 fully saturated rings. The first-order chi connectivity index (χ1) is 17.5. The number of carboxylic acid groups (broad SMARTS) is 4. The molecule has 0 aliphatic heterocycles. The molecule has 0 bridgehead atoms. The van der Waals surface area contributed by atoms with E-state index in [0.717, 1.165) is 12.8 Å². The van der Waals surface area contributed by atoms with Gasteiger partial charge in [0, 0.05) is 31.2 Å². The van der Waals surface area contributed by atoms with E-state index in [1.165, 1.54) is 96.3 Å². The molecule has 0 heterocycles. The van der Waals surface area contributed by atoms with Crippen molar-refractivity contribution in [2.75, 3.05) is 0 Å². The molecule has 0 spiro atoms. The van der Waals surface area contributed by atoms with E-state index in [-0.39, 0.29) is 88.7 Å². The SMILES string of the molecule is CCCCCCCC/C=C\CCCCCCCCCCCC(=O)O.O=C([O-])CC(O)(CC(=O)[O-])C(=O)[O-].[Na+].[Na+].[Na+]. The zero-order chi connectivity index (χ0) is 28.4. The molecular formula is C28H47Na3O9. The van der Waals surface area contributed by atoms with Gasteiger partial charge in [-0.1, -0.05) is 96.1 Å². The Morgan fingerprint density at radius 1 is 0.600 bits per heavy atom. The molecule has 0 aliphatic rings. The maximum atomic E-state index is 10.4. The van der Waals surface area contributed by atoms with Gasteiger partial charge in [0.25, 0.3) is 0 Å². The Hall–Kier alpha value is 0.580. The predicted molar refractivity (Wildman–Crippen MR) is 135 cm³/mol. The summed E-state index contributed by atoms with van der Waals surface area (Å²) in [5.74, 6) is -6.64. The third-order valence-electron chi connectivity index (χ3n) is 5.91. The van der Waals surface area contributed by atoms with E-state index in [2.05, 4.69) is 19.1 Å². The van der Waals surface area contributed by atoms with Crippen LogP contribution in [0.25, 0.3) is 0 Å². The minimum Gasteiger partial charge on any atom is -0.550 e. The molecule has 0 saturated carbocycles. The second-order valence-corrected chi connectivity index (χ2v) is 9.56. The maximum Gasteiger partial charge on any atom is 1.00 e. The normalized spacial score (nSPS) is 10.3. The standard InChI is InChI=1S/C22H42O2.C6H8O7.3Na/c1-2-3-4-5-6-7-8-9-10-11-12-13-14-15-16-17-18-19-20-21-22(23)24;7-3(8)1-6(13,5(11)12)2-4(9)10;;;/h9-10H,2-8,11-21H2,1H3,(H,23,24);13H,1-2H2,(H,7,8)(H,9,10)(H,11,12);;;/q;;3*+1/p-3/b10-9-;;;;. The molecule has 9 nitrogen and oxygen atoms in total. The Bertz CT molecular complexity index is 643. The first-order valence-corrected chi connectivity index (χ1v) is 13.8. The molecule has 12 heteroatoms. The Morgan fingerprint density at radius 2 is 0.925 bits per heavy atom. The number of carbonyl (C=O) groups excluding carboxylic acids is 3. The Labute approximate surface area is 307 Å². The number of carboxylic acids is 4. The third kappa shape index (κ3) is 38.6. The minimum absolute atomic E-state index is 0. The van der Waals surface area contributed by atoms with E-state index >= 15 is 0 Å². The van der Waals surface area contributed by atoms with Crippen molar-refractivity contribution < 1.29 is 133 Å². The number of aliphatic carboxylic acids is 4. The molecule has 0 aromatic carbocycles. The summed E-state index contributed by atoms with van der Waals surface area (Å²) >= 11 is 0. The summed E-state index contributed by atoms with van der Waals surface area (Å²) in [6.45, 7) is 2.27. The molecule has 0 aromatic heterocycles. The molecule has 0 saturated heterocycles. The number of carbonyl (C=O) groups is 4. The van der Waals surface area contributed by atoms with E-state index in [1.807, 2.05) is 0 Å². The summed E-state index contributed by atoms with van der Waals surface area (Å²) in [5, 5.41) is 47.5. The summed E-state index contributed by atoms with van der Waals surface area (Å²) in [5.41, 5.74) is -2.97. The van der Waals surface area contributed by atoms with Gasteiger partial charge < -0.3 is 39.9 Å². The Kier molecular flexibility index (Phi) is 44.9. The summed E-state index contributed by atoms with van der Waals surface area (Å²) in [6, 6.07) is 0. The average Bonchev–Trinajstić information content (AvgIpc) is 2.79. The number of hydrogen-bond donors (Lipinski definition) is 2. The van der Waals surface area contributed by atoms with Gasteiger partial charge in [-0.25, -0.2) is 0 Å². The van der Waals surface area contributed by atoms with Crippen molar-refractivity contribution in [3.63, 3.8) is 0 Å². The maximum absolute atomic E-state index is 10.4. The quantitative estimate of drug-likeness (QED) is 0.0623. The molecule has 0 radical (unpaired) electrons. The topological polar surface area (TPSA) is 178 Å². The van der Waals surface area contributed by atoms with E-state index < -0.39 is 42.3 Å². The fourth-order valence-corrected chi connectivity index (χ4v) is 3.74. The molecular weight excluding hydrogens is 549 g/mol. The van der Waals surface area contributed by atoms with Crippen LogP contribution >= 0.6 is 0 Å². The van der Waals surface area contributed by atoms with Gasteiger partial charge in [0.1, 0.15) is 5.60 Å². The fraction of sp³-hybridized carbons (Fsp3) is 0.786. The number of hydrogen-bond acceptors (Lipinski definition) is 8. The van der Waals surface area contributed by atoms with Gasteiger partial charge >= 0.3 is 94.6 Å². The van der Waals surface area contributed by atoms with Gasteiger partial charge in [0.15, 0.2) is 0 Å². The van der Waals surface area contributed by atoms with Crippen molar-refractivity contribution in [1.29, 1.82) is 0 Å². The van der Waals surface area contributed by atoms with E-state index in [1.54, 1.807) is 0 Å². The van der Waals surface area contributed by atoms with Crippen LogP contribution in [0.4, 0.5) is 0 Å². The molecule has 0 aromatic rings. The Balaban J connectivity index is -0.000000220. The predicted octanol–water partition coefficient (Wildman–Crippen LogP) is -6.57. The van der Waals surface area contributed by atoms with Crippen molar-refractivity contribution in [1.82, 2.24) is 0 Å². The van der Waals surface area contributed by atoms with Gasteiger partial charge in [-0.3, -0.25) is 4.79 Å². The van der Waals surface area contributed by atoms with Crippen molar-refractivity contribution in [2.45, 2.75) is 141 Å². The molecule has 0 amide bonds. The summed E-state index contributed by atoms with van der Waals surface area (Å²) in [7, 11) is 0. The van der Waals surface area contributed by atoms with E-state index in [9.17, 15) is 34.5 Å².